The largest absolute Gasteiger partial charge is 0.102 e. The van der Waals surface area contributed by atoms with Crippen molar-refractivity contribution in [1.82, 2.24) is 0 Å². The van der Waals surface area contributed by atoms with E-state index in [0.29, 0.717) is 0 Å². The zero-order valence-corrected chi connectivity index (χ0v) is 11.2. The molecule has 94 valence electrons. The highest BCUT2D eigenvalue weighted by atomic mass is 14.3. The summed E-state index contributed by atoms with van der Waals surface area (Å²) in [6.07, 6.45) is 15.5. The quantitative estimate of drug-likeness (QED) is 0.635. The predicted octanol–water partition coefficient (Wildman–Crippen LogP) is 4.97. The molecule has 2 rings (SSSR count). The molecule has 0 saturated carbocycles. The molecule has 0 N–H and O–H groups in total. The number of allylic oxidation sites excluding steroid dienone is 5. The van der Waals surface area contributed by atoms with E-state index in [-0.39, 0.29) is 5.41 Å². The molecule has 1 aliphatic rings. The maximum absolute atomic E-state index is 4.04. The highest BCUT2D eigenvalue weighted by Gasteiger charge is 2.25. The predicted molar refractivity (Wildman–Crippen MR) is 79.8 cm³/mol. The standard InChI is InChI=1S/C18H22/c1-3-5-10-16-11-9-12-17(15-16)18(4-2)13-7-6-8-14-18/h4,6-9,11-13,15H,2-3,5,10,14H2,1H3. The van der Waals surface area contributed by atoms with Crippen molar-refractivity contribution < 1.29 is 0 Å². The average Bonchev–Trinajstić information content (AvgIpc) is 2.46. The Kier molecular flexibility index (Phi) is 4.19. The first kappa shape index (κ1) is 12.9. The summed E-state index contributed by atoms with van der Waals surface area (Å²) in [7, 11) is 0. The Hall–Kier alpha value is -1.56. The molecule has 1 unspecified atom stereocenters. The van der Waals surface area contributed by atoms with Crippen molar-refractivity contribution in [3.63, 3.8) is 0 Å². The van der Waals surface area contributed by atoms with Gasteiger partial charge in [-0.3, -0.25) is 0 Å². The van der Waals surface area contributed by atoms with Gasteiger partial charge in [0, 0.05) is 5.41 Å². The molecular weight excluding hydrogens is 216 g/mol. The molecule has 0 saturated heterocycles. The second-order valence-electron chi connectivity index (χ2n) is 5.04. The highest BCUT2D eigenvalue weighted by molar-refractivity contribution is 5.42. The van der Waals surface area contributed by atoms with E-state index in [4.69, 9.17) is 0 Å². The van der Waals surface area contributed by atoms with E-state index in [9.17, 15) is 0 Å². The summed E-state index contributed by atoms with van der Waals surface area (Å²) < 4.78 is 0. The summed E-state index contributed by atoms with van der Waals surface area (Å²) in [4.78, 5) is 0. The number of unbranched alkanes of at least 4 members (excludes halogenated alkanes) is 1. The van der Waals surface area contributed by atoms with Gasteiger partial charge in [0.2, 0.25) is 0 Å². The molecule has 0 nitrogen and oxygen atoms in total. The molecule has 0 heterocycles. The number of hydrogen-bond donors (Lipinski definition) is 0. The van der Waals surface area contributed by atoms with Gasteiger partial charge in [-0.25, -0.2) is 0 Å². The fraction of sp³-hybridized carbons (Fsp3) is 0.333. The molecular formula is C18H22. The molecule has 0 aromatic heterocycles. The minimum Gasteiger partial charge on any atom is -0.102 e. The molecule has 0 aliphatic heterocycles. The lowest BCUT2D eigenvalue weighted by Crippen LogP contribution is -2.21. The Morgan fingerprint density at radius 1 is 1.33 bits per heavy atom. The van der Waals surface area contributed by atoms with E-state index in [1.807, 2.05) is 0 Å². The second kappa shape index (κ2) is 5.86. The zero-order chi connectivity index (χ0) is 12.8. The van der Waals surface area contributed by atoms with Crippen molar-refractivity contribution in [1.29, 1.82) is 0 Å². The Morgan fingerprint density at radius 3 is 2.89 bits per heavy atom. The van der Waals surface area contributed by atoms with Crippen molar-refractivity contribution in [2.45, 2.75) is 38.0 Å². The molecule has 0 heteroatoms. The first-order valence-corrected chi connectivity index (χ1v) is 6.88. The van der Waals surface area contributed by atoms with Gasteiger partial charge in [-0.15, -0.1) is 6.58 Å². The Labute approximate surface area is 111 Å². The highest BCUT2D eigenvalue weighted by Crippen LogP contribution is 2.34. The van der Waals surface area contributed by atoms with Crippen LogP contribution in [0.1, 0.15) is 37.3 Å². The van der Waals surface area contributed by atoms with Gasteiger partial charge in [0.1, 0.15) is 0 Å². The van der Waals surface area contributed by atoms with E-state index in [1.54, 1.807) is 0 Å². The topological polar surface area (TPSA) is 0 Å². The minimum absolute atomic E-state index is 0.00300. The summed E-state index contributed by atoms with van der Waals surface area (Å²) in [6, 6.07) is 8.98. The minimum atomic E-state index is -0.00300. The number of rotatable bonds is 5. The van der Waals surface area contributed by atoms with Crippen molar-refractivity contribution >= 4 is 0 Å². The Morgan fingerprint density at radius 2 is 2.22 bits per heavy atom. The van der Waals surface area contributed by atoms with Crippen LogP contribution in [-0.4, -0.2) is 0 Å². The van der Waals surface area contributed by atoms with E-state index in [0.717, 1.165) is 6.42 Å². The van der Waals surface area contributed by atoms with Crippen LogP contribution in [0.15, 0.2) is 61.2 Å². The Balaban J connectivity index is 2.28. The van der Waals surface area contributed by atoms with Gasteiger partial charge in [0.05, 0.1) is 0 Å². The summed E-state index contributed by atoms with van der Waals surface area (Å²) in [5.41, 5.74) is 2.81. The first-order chi connectivity index (χ1) is 8.80. The molecule has 0 fully saturated rings. The smallest absolute Gasteiger partial charge is 0.0347 e. The molecule has 0 spiro atoms. The van der Waals surface area contributed by atoms with E-state index in [1.165, 1.54) is 30.4 Å². The fourth-order valence-corrected chi connectivity index (χ4v) is 2.52. The number of hydrogen-bond acceptors (Lipinski definition) is 0. The van der Waals surface area contributed by atoms with Gasteiger partial charge in [-0.2, -0.15) is 0 Å². The molecule has 1 aliphatic carbocycles. The van der Waals surface area contributed by atoms with Gasteiger partial charge in [0.15, 0.2) is 0 Å². The SMILES string of the molecule is C=CC1(c2cccc(CCCC)c2)C=CC=CC1. The summed E-state index contributed by atoms with van der Waals surface area (Å²) in [5.74, 6) is 0. The van der Waals surface area contributed by atoms with Crippen LogP contribution in [-0.2, 0) is 11.8 Å². The molecule has 0 amide bonds. The van der Waals surface area contributed by atoms with Gasteiger partial charge in [-0.05, 0) is 30.4 Å². The van der Waals surface area contributed by atoms with Crippen LogP contribution < -0.4 is 0 Å². The second-order valence-corrected chi connectivity index (χ2v) is 5.04. The number of benzene rings is 1. The van der Waals surface area contributed by atoms with E-state index < -0.39 is 0 Å². The zero-order valence-electron chi connectivity index (χ0n) is 11.2. The van der Waals surface area contributed by atoms with Crippen LogP contribution in [0, 0.1) is 0 Å². The van der Waals surface area contributed by atoms with Crippen molar-refractivity contribution in [3.8, 4) is 0 Å². The summed E-state index contributed by atoms with van der Waals surface area (Å²) >= 11 is 0. The van der Waals surface area contributed by atoms with Gasteiger partial charge < -0.3 is 0 Å². The third-order valence-electron chi connectivity index (χ3n) is 3.74. The monoisotopic (exact) mass is 238 g/mol. The lowest BCUT2D eigenvalue weighted by molar-refractivity contribution is 0.674. The molecule has 1 atom stereocenters. The third kappa shape index (κ3) is 2.64. The molecule has 18 heavy (non-hydrogen) atoms. The van der Waals surface area contributed by atoms with Crippen molar-refractivity contribution in [2.75, 3.05) is 0 Å². The normalized spacial score (nSPS) is 22.1. The van der Waals surface area contributed by atoms with Crippen LogP contribution >= 0.6 is 0 Å². The maximum Gasteiger partial charge on any atom is 0.0347 e. The van der Waals surface area contributed by atoms with Gasteiger partial charge >= 0.3 is 0 Å². The Bertz CT molecular complexity index is 465. The van der Waals surface area contributed by atoms with Crippen LogP contribution in [0.5, 0.6) is 0 Å². The lowest BCUT2D eigenvalue weighted by atomic mass is 9.75. The average molecular weight is 238 g/mol. The molecule has 1 aromatic carbocycles. The molecule has 0 bridgehead atoms. The first-order valence-electron chi connectivity index (χ1n) is 6.88. The lowest BCUT2D eigenvalue weighted by Gasteiger charge is -2.28. The molecule has 0 radical (unpaired) electrons. The van der Waals surface area contributed by atoms with Crippen molar-refractivity contribution in [2.24, 2.45) is 0 Å². The molecule has 1 aromatic rings. The van der Waals surface area contributed by atoms with Gasteiger partial charge in [0.25, 0.3) is 0 Å². The summed E-state index contributed by atoms with van der Waals surface area (Å²) in [5, 5.41) is 0. The fourth-order valence-electron chi connectivity index (χ4n) is 2.52. The van der Waals surface area contributed by atoms with Crippen LogP contribution in [0.25, 0.3) is 0 Å². The third-order valence-corrected chi connectivity index (χ3v) is 3.74. The summed E-state index contributed by atoms with van der Waals surface area (Å²) in [6.45, 7) is 6.28. The van der Waals surface area contributed by atoms with E-state index >= 15 is 0 Å². The van der Waals surface area contributed by atoms with Gasteiger partial charge in [-0.1, -0.05) is 68.0 Å². The number of aryl methyl sites for hydroxylation is 1. The van der Waals surface area contributed by atoms with Crippen LogP contribution in [0.2, 0.25) is 0 Å². The van der Waals surface area contributed by atoms with Crippen molar-refractivity contribution in [3.05, 3.63) is 72.4 Å². The van der Waals surface area contributed by atoms with E-state index in [2.05, 4.69) is 68.1 Å². The van der Waals surface area contributed by atoms with Crippen LogP contribution in [0.3, 0.4) is 0 Å². The van der Waals surface area contributed by atoms with Crippen LogP contribution in [0.4, 0.5) is 0 Å². The maximum atomic E-state index is 4.04.